The fraction of sp³-hybridized carbons (Fsp3) is 0.450. The predicted molar refractivity (Wildman–Crippen MR) is 106 cm³/mol. The van der Waals surface area contributed by atoms with Crippen molar-refractivity contribution >= 4 is 17.2 Å². The van der Waals surface area contributed by atoms with Gasteiger partial charge in [-0.05, 0) is 41.0 Å². The molecule has 0 spiro atoms. The van der Waals surface area contributed by atoms with E-state index in [0.717, 1.165) is 18.7 Å². The smallest absolute Gasteiger partial charge is 0.224 e. The SMILES string of the molecule is CCN(CC)C(CNC(=O)C(C)C(N)c1ccccc1)c1ccsc1. The summed E-state index contributed by atoms with van der Waals surface area (Å²) >= 11 is 1.69. The summed E-state index contributed by atoms with van der Waals surface area (Å²) in [5.41, 5.74) is 8.53. The molecule has 0 aliphatic carbocycles. The first kappa shape index (κ1) is 19.6. The molecule has 3 N–H and O–H groups in total. The minimum atomic E-state index is -0.297. The molecular weight excluding hydrogens is 330 g/mol. The zero-order valence-electron chi connectivity index (χ0n) is 15.3. The fourth-order valence-electron chi connectivity index (χ4n) is 3.07. The maximum absolute atomic E-state index is 12.6. The van der Waals surface area contributed by atoms with E-state index in [9.17, 15) is 4.79 Å². The molecule has 1 aromatic carbocycles. The van der Waals surface area contributed by atoms with Gasteiger partial charge in [-0.1, -0.05) is 51.1 Å². The van der Waals surface area contributed by atoms with Crippen LogP contribution in [0, 0.1) is 5.92 Å². The number of hydrogen-bond acceptors (Lipinski definition) is 4. The largest absolute Gasteiger partial charge is 0.354 e. The highest BCUT2D eigenvalue weighted by molar-refractivity contribution is 7.07. The van der Waals surface area contributed by atoms with E-state index in [0.29, 0.717) is 6.54 Å². The topological polar surface area (TPSA) is 58.4 Å². The highest BCUT2D eigenvalue weighted by Gasteiger charge is 2.24. The van der Waals surface area contributed by atoms with Crippen LogP contribution in [0.25, 0.3) is 0 Å². The molecule has 0 saturated heterocycles. The molecule has 1 amide bonds. The summed E-state index contributed by atoms with van der Waals surface area (Å²) in [5, 5.41) is 7.36. The number of nitrogens with one attached hydrogen (secondary N) is 1. The lowest BCUT2D eigenvalue weighted by molar-refractivity contribution is -0.125. The second-order valence-electron chi connectivity index (χ2n) is 6.26. The molecular formula is C20H29N3OS. The van der Waals surface area contributed by atoms with Crippen molar-refractivity contribution < 1.29 is 4.79 Å². The Morgan fingerprint density at radius 3 is 2.40 bits per heavy atom. The van der Waals surface area contributed by atoms with Crippen LogP contribution in [0.1, 0.15) is 44.0 Å². The molecule has 4 nitrogen and oxygen atoms in total. The van der Waals surface area contributed by atoms with Crippen LogP contribution in [0.15, 0.2) is 47.2 Å². The van der Waals surface area contributed by atoms with Gasteiger partial charge in [-0.3, -0.25) is 9.69 Å². The Balaban J connectivity index is 2.00. The number of likely N-dealkylation sites (N-methyl/N-ethyl adjacent to an activating group) is 1. The second-order valence-corrected chi connectivity index (χ2v) is 7.04. The van der Waals surface area contributed by atoms with Crippen molar-refractivity contribution in [3.05, 3.63) is 58.3 Å². The van der Waals surface area contributed by atoms with E-state index < -0.39 is 0 Å². The number of rotatable bonds is 9. The monoisotopic (exact) mass is 359 g/mol. The second kappa shape index (κ2) is 9.70. The van der Waals surface area contributed by atoms with Crippen molar-refractivity contribution in [2.45, 2.75) is 32.9 Å². The Kier molecular flexibility index (Phi) is 7.62. The van der Waals surface area contributed by atoms with Crippen LogP contribution in [0.5, 0.6) is 0 Å². The molecule has 0 fully saturated rings. The van der Waals surface area contributed by atoms with Crippen LogP contribution in [0.2, 0.25) is 0 Å². The molecule has 0 saturated carbocycles. The number of thiophene rings is 1. The molecule has 3 unspecified atom stereocenters. The Morgan fingerprint density at radius 1 is 1.16 bits per heavy atom. The molecule has 0 radical (unpaired) electrons. The average Bonchev–Trinajstić information content (AvgIpc) is 3.18. The van der Waals surface area contributed by atoms with Gasteiger partial charge in [-0.2, -0.15) is 11.3 Å². The summed E-state index contributed by atoms with van der Waals surface area (Å²) in [6, 6.07) is 11.8. The van der Waals surface area contributed by atoms with E-state index in [1.807, 2.05) is 37.3 Å². The lowest BCUT2D eigenvalue weighted by Crippen LogP contribution is -2.41. The first-order valence-corrected chi connectivity index (χ1v) is 9.87. The van der Waals surface area contributed by atoms with E-state index in [2.05, 4.69) is 40.9 Å². The van der Waals surface area contributed by atoms with Crippen LogP contribution < -0.4 is 11.1 Å². The molecule has 2 rings (SSSR count). The third kappa shape index (κ3) is 5.14. The first-order chi connectivity index (χ1) is 12.1. The Bertz CT molecular complexity index is 626. The molecule has 5 heteroatoms. The molecule has 136 valence electrons. The minimum Gasteiger partial charge on any atom is -0.354 e. The Hall–Kier alpha value is -1.69. The van der Waals surface area contributed by atoms with E-state index >= 15 is 0 Å². The zero-order valence-corrected chi connectivity index (χ0v) is 16.1. The van der Waals surface area contributed by atoms with Crippen molar-refractivity contribution in [2.75, 3.05) is 19.6 Å². The third-order valence-corrected chi connectivity index (χ3v) is 5.49. The van der Waals surface area contributed by atoms with Crippen LogP contribution in [-0.4, -0.2) is 30.4 Å². The average molecular weight is 360 g/mol. The van der Waals surface area contributed by atoms with E-state index in [4.69, 9.17) is 5.73 Å². The third-order valence-electron chi connectivity index (χ3n) is 4.79. The molecule has 0 aliphatic rings. The van der Waals surface area contributed by atoms with Crippen molar-refractivity contribution in [1.82, 2.24) is 10.2 Å². The maximum Gasteiger partial charge on any atom is 0.224 e. The zero-order chi connectivity index (χ0) is 18.2. The number of hydrogen-bond donors (Lipinski definition) is 2. The fourth-order valence-corrected chi connectivity index (χ4v) is 3.78. The van der Waals surface area contributed by atoms with Crippen LogP contribution in [-0.2, 0) is 4.79 Å². The van der Waals surface area contributed by atoms with Gasteiger partial charge in [0, 0.05) is 12.6 Å². The standard InChI is InChI=1S/C20H29N3OS/c1-4-23(5-2)18(17-11-12-25-14-17)13-22-20(24)15(3)19(21)16-9-7-6-8-10-16/h6-12,14-15,18-19H,4-5,13,21H2,1-3H3,(H,22,24). The molecule has 2 aromatic rings. The lowest BCUT2D eigenvalue weighted by atomic mass is 9.94. The van der Waals surface area contributed by atoms with Crippen LogP contribution >= 0.6 is 11.3 Å². The van der Waals surface area contributed by atoms with Gasteiger partial charge in [0.05, 0.1) is 12.0 Å². The minimum absolute atomic E-state index is 0.00346. The van der Waals surface area contributed by atoms with Gasteiger partial charge in [-0.25, -0.2) is 0 Å². The number of nitrogens with two attached hydrogens (primary N) is 1. The van der Waals surface area contributed by atoms with Crippen molar-refractivity contribution in [1.29, 1.82) is 0 Å². The molecule has 1 aromatic heterocycles. The normalized spacial score (nSPS) is 14.9. The Morgan fingerprint density at radius 2 is 1.84 bits per heavy atom. The van der Waals surface area contributed by atoms with Gasteiger partial charge < -0.3 is 11.1 Å². The quantitative estimate of drug-likeness (QED) is 0.719. The summed E-state index contributed by atoms with van der Waals surface area (Å²) in [6.07, 6.45) is 0. The maximum atomic E-state index is 12.6. The van der Waals surface area contributed by atoms with Gasteiger partial charge in [0.25, 0.3) is 0 Å². The van der Waals surface area contributed by atoms with Crippen molar-refractivity contribution in [2.24, 2.45) is 11.7 Å². The van der Waals surface area contributed by atoms with E-state index in [-0.39, 0.29) is 23.9 Å². The number of nitrogens with zero attached hydrogens (tertiary/aromatic N) is 1. The summed E-state index contributed by atoms with van der Waals surface area (Å²) in [6.45, 7) is 8.70. The van der Waals surface area contributed by atoms with Crippen molar-refractivity contribution in [3.8, 4) is 0 Å². The summed E-state index contributed by atoms with van der Waals surface area (Å²) in [7, 11) is 0. The molecule has 1 heterocycles. The summed E-state index contributed by atoms with van der Waals surface area (Å²) in [5.74, 6) is -0.272. The first-order valence-electron chi connectivity index (χ1n) is 8.92. The van der Waals surface area contributed by atoms with Crippen LogP contribution in [0.4, 0.5) is 0 Å². The highest BCUT2D eigenvalue weighted by Crippen LogP contribution is 2.23. The molecule has 25 heavy (non-hydrogen) atoms. The summed E-state index contributed by atoms with van der Waals surface area (Å²) in [4.78, 5) is 15.0. The van der Waals surface area contributed by atoms with E-state index in [1.54, 1.807) is 11.3 Å². The molecule has 0 bridgehead atoms. The predicted octanol–water partition coefficient (Wildman–Crippen LogP) is 3.58. The van der Waals surface area contributed by atoms with Gasteiger partial charge in [0.15, 0.2) is 0 Å². The number of benzene rings is 1. The Labute approximate surface area is 155 Å². The van der Waals surface area contributed by atoms with E-state index in [1.165, 1.54) is 5.56 Å². The molecule has 0 aliphatic heterocycles. The highest BCUT2D eigenvalue weighted by atomic mass is 32.1. The lowest BCUT2D eigenvalue weighted by Gasteiger charge is -2.30. The number of amides is 1. The van der Waals surface area contributed by atoms with Gasteiger partial charge in [-0.15, -0.1) is 0 Å². The van der Waals surface area contributed by atoms with Crippen LogP contribution in [0.3, 0.4) is 0 Å². The number of carbonyl (C=O) groups excluding carboxylic acids is 1. The van der Waals surface area contributed by atoms with Crippen molar-refractivity contribution in [3.63, 3.8) is 0 Å². The van der Waals surface area contributed by atoms with Gasteiger partial charge >= 0.3 is 0 Å². The summed E-state index contributed by atoms with van der Waals surface area (Å²) < 4.78 is 0. The van der Waals surface area contributed by atoms with Gasteiger partial charge in [0.2, 0.25) is 5.91 Å². The van der Waals surface area contributed by atoms with Gasteiger partial charge in [0.1, 0.15) is 0 Å². The number of carbonyl (C=O) groups is 1. The molecule has 3 atom stereocenters.